The Morgan fingerprint density at radius 1 is 1.73 bits per heavy atom. The highest BCUT2D eigenvalue weighted by Gasteiger charge is 2.27. The molecule has 1 aliphatic rings. The molecule has 0 heterocycles. The fraction of sp³-hybridized carbons (Fsp3) is 0.300. The van der Waals surface area contributed by atoms with E-state index >= 15 is 0 Å². The van der Waals surface area contributed by atoms with E-state index in [0.29, 0.717) is 5.92 Å². The fourth-order valence-electron chi connectivity index (χ4n) is 1.03. The molecule has 1 heteroatoms. The van der Waals surface area contributed by atoms with Crippen LogP contribution in [0.15, 0.2) is 35.8 Å². The van der Waals surface area contributed by atoms with Gasteiger partial charge in [-0.2, -0.15) is 0 Å². The van der Waals surface area contributed by atoms with Gasteiger partial charge in [0.1, 0.15) is 6.29 Å². The third-order valence-corrected chi connectivity index (χ3v) is 1.73. The number of allylic oxidation sites excluding steroid dienone is 3. The van der Waals surface area contributed by atoms with E-state index in [1.807, 2.05) is 6.08 Å². The Balaban J connectivity index is 2.34. The van der Waals surface area contributed by atoms with E-state index in [1.165, 1.54) is 5.57 Å². The van der Waals surface area contributed by atoms with Crippen molar-refractivity contribution in [2.45, 2.75) is 12.8 Å². The molecule has 56 valence electrons. The van der Waals surface area contributed by atoms with Crippen LogP contribution in [0.25, 0.3) is 0 Å². The lowest BCUT2D eigenvalue weighted by atomic mass is 10.3. The van der Waals surface area contributed by atoms with Crippen molar-refractivity contribution < 1.29 is 4.79 Å². The Kier molecular flexibility index (Phi) is 2.68. The number of carbonyl (C=O) groups is 1. The lowest BCUT2D eigenvalue weighted by Crippen LogP contribution is -1.68. The van der Waals surface area contributed by atoms with Crippen LogP contribution in [0.2, 0.25) is 0 Å². The molecule has 1 nitrogen and oxygen atoms in total. The van der Waals surface area contributed by atoms with Gasteiger partial charge < -0.3 is 0 Å². The van der Waals surface area contributed by atoms with Crippen molar-refractivity contribution in [3.63, 3.8) is 0 Å². The number of hydrogen-bond donors (Lipinski definition) is 0. The second kappa shape index (κ2) is 3.78. The molecule has 0 radical (unpaired) electrons. The molecule has 1 rings (SSSR count). The first-order valence-electron chi connectivity index (χ1n) is 3.62. The van der Waals surface area contributed by atoms with Crippen LogP contribution in [-0.4, -0.2) is 6.29 Å². The first-order chi connectivity index (χ1) is 5.38. The van der Waals surface area contributed by atoms with Gasteiger partial charge in [-0.05, 0) is 37.5 Å². The summed E-state index contributed by atoms with van der Waals surface area (Å²) in [5.41, 5.74) is 6.59. The zero-order chi connectivity index (χ0) is 8.10. The second-order valence-corrected chi connectivity index (χ2v) is 2.54. The number of aldehydes is 1. The quantitative estimate of drug-likeness (QED) is 0.338. The van der Waals surface area contributed by atoms with Crippen molar-refractivity contribution in [3.05, 3.63) is 35.8 Å². The third-order valence-electron chi connectivity index (χ3n) is 1.73. The van der Waals surface area contributed by atoms with Crippen LogP contribution < -0.4 is 0 Å². The zero-order valence-electron chi connectivity index (χ0n) is 6.34. The summed E-state index contributed by atoms with van der Waals surface area (Å²) in [4.78, 5) is 10.0. The molecule has 0 aromatic heterocycles. The maximum absolute atomic E-state index is 10.0. The highest BCUT2D eigenvalue weighted by atomic mass is 16.1. The summed E-state index contributed by atoms with van der Waals surface area (Å²) in [7, 11) is 0. The topological polar surface area (TPSA) is 17.1 Å². The molecule has 0 aromatic carbocycles. The Bertz CT molecular complexity index is 261. The summed E-state index contributed by atoms with van der Waals surface area (Å²) in [5.74, 6) is 0.584. The van der Waals surface area contributed by atoms with E-state index in [-0.39, 0.29) is 0 Å². The van der Waals surface area contributed by atoms with Crippen molar-refractivity contribution in [1.82, 2.24) is 0 Å². The minimum absolute atomic E-state index is 0.584. The van der Waals surface area contributed by atoms with Crippen LogP contribution in [0.3, 0.4) is 0 Å². The normalized spacial score (nSPS) is 23.6. The minimum atomic E-state index is 0.584. The Morgan fingerprint density at radius 2 is 2.55 bits per heavy atom. The largest absolute Gasteiger partial charge is 0.299 e. The summed E-state index contributed by atoms with van der Waals surface area (Å²) >= 11 is 0. The Hall–Kier alpha value is -1.29. The lowest BCUT2D eigenvalue weighted by molar-refractivity contribution is -0.104. The van der Waals surface area contributed by atoms with E-state index < -0.39 is 0 Å². The fourth-order valence-corrected chi connectivity index (χ4v) is 1.03. The summed E-state index contributed by atoms with van der Waals surface area (Å²) < 4.78 is 0. The summed E-state index contributed by atoms with van der Waals surface area (Å²) in [6.07, 6.45) is 6.43. The molecule has 1 unspecified atom stereocenters. The minimum Gasteiger partial charge on any atom is -0.299 e. The smallest absolute Gasteiger partial charge is 0.142 e. The van der Waals surface area contributed by atoms with Crippen molar-refractivity contribution >= 4 is 6.29 Å². The van der Waals surface area contributed by atoms with Gasteiger partial charge in [-0.15, -0.1) is 0 Å². The van der Waals surface area contributed by atoms with Crippen LogP contribution in [0.5, 0.6) is 0 Å². The van der Waals surface area contributed by atoms with Crippen LogP contribution in [0.1, 0.15) is 12.8 Å². The molecule has 0 saturated heterocycles. The van der Waals surface area contributed by atoms with E-state index in [0.717, 1.165) is 19.1 Å². The van der Waals surface area contributed by atoms with Gasteiger partial charge in [0.15, 0.2) is 0 Å². The van der Waals surface area contributed by atoms with E-state index in [2.05, 4.69) is 18.0 Å². The van der Waals surface area contributed by atoms with Gasteiger partial charge in [-0.3, -0.25) is 4.79 Å². The predicted octanol–water partition coefficient (Wildman–Crippen LogP) is 2.02. The highest BCUT2D eigenvalue weighted by Crippen LogP contribution is 2.39. The van der Waals surface area contributed by atoms with Gasteiger partial charge in [0.05, 0.1) is 0 Å². The van der Waals surface area contributed by atoms with E-state index in [4.69, 9.17) is 0 Å². The molecule has 1 aliphatic carbocycles. The molecular formula is C10H10O. The number of rotatable bonds is 3. The molecule has 0 N–H and O–H groups in total. The van der Waals surface area contributed by atoms with Gasteiger partial charge in [-0.25, -0.2) is 0 Å². The van der Waals surface area contributed by atoms with E-state index in [1.54, 1.807) is 6.08 Å². The molecule has 0 spiro atoms. The van der Waals surface area contributed by atoms with Gasteiger partial charge in [0, 0.05) is 0 Å². The van der Waals surface area contributed by atoms with E-state index in [9.17, 15) is 4.79 Å². The maximum Gasteiger partial charge on any atom is 0.142 e. The van der Waals surface area contributed by atoms with Gasteiger partial charge >= 0.3 is 0 Å². The molecular weight excluding hydrogens is 136 g/mol. The summed E-state index contributed by atoms with van der Waals surface area (Å²) in [5, 5.41) is 0. The Labute approximate surface area is 66.4 Å². The maximum atomic E-state index is 10.0. The van der Waals surface area contributed by atoms with Gasteiger partial charge in [0.2, 0.25) is 0 Å². The van der Waals surface area contributed by atoms with Crippen LogP contribution in [0, 0.1) is 5.92 Å². The van der Waals surface area contributed by atoms with Gasteiger partial charge in [0.25, 0.3) is 0 Å². The van der Waals surface area contributed by atoms with Crippen LogP contribution in [-0.2, 0) is 4.79 Å². The third kappa shape index (κ3) is 2.43. The van der Waals surface area contributed by atoms with Crippen molar-refractivity contribution in [3.8, 4) is 0 Å². The van der Waals surface area contributed by atoms with Crippen LogP contribution in [0.4, 0.5) is 0 Å². The van der Waals surface area contributed by atoms with Crippen molar-refractivity contribution in [2.75, 3.05) is 0 Å². The molecule has 1 fully saturated rings. The predicted molar refractivity (Wildman–Crippen MR) is 44.1 cm³/mol. The summed E-state index contributed by atoms with van der Waals surface area (Å²) in [6.45, 7) is 3.40. The highest BCUT2D eigenvalue weighted by molar-refractivity contribution is 5.67. The first-order valence-corrected chi connectivity index (χ1v) is 3.62. The second-order valence-electron chi connectivity index (χ2n) is 2.54. The SMILES string of the molecule is C=C=C=CCC1C/C1=C/C=O. The standard InChI is InChI=1S/C10H10O/c1-2-3-4-5-9-8-10(9)6-7-11/h4,6-7,9H,1,5,8H2/b10-6-. The summed E-state index contributed by atoms with van der Waals surface area (Å²) in [6, 6.07) is 0. The molecule has 11 heavy (non-hydrogen) atoms. The molecule has 0 aliphatic heterocycles. The van der Waals surface area contributed by atoms with Crippen LogP contribution >= 0.6 is 0 Å². The average Bonchev–Trinajstić information content (AvgIpc) is 2.70. The first kappa shape index (κ1) is 7.81. The molecule has 0 bridgehead atoms. The zero-order valence-corrected chi connectivity index (χ0v) is 6.34. The Morgan fingerprint density at radius 3 is 3.18 bits per heavy atom. The lowest BCUT2D eigenvalue weighted by Gasteiger charge is -1.79. The average molecular weight is 146 g/mol. The number of carbonyl (C=O) groups excluding carboxylic acids is 1. The molecule has 1 atom stereocenters. The molecule has 0 aromatic rings. The molecule has 1 saturated carbocycles. The monoisotopic (exact) mass is 146 g/mol. The van der Waals surface area contributed by atoms with Crippen molar-refractivity contribution in [2.24, 2.45) is 5.92 Å². The number of hydrogen-bond acceptors (Lipinski definition) is 1. The van der Waals surface area contributed by atoms with Crippen molar-refractivity contribution in [1.29, 1.82) is 0 Å². The van der Waals surface area contributed by atoms with Gasteiger partial charge in [-0.1, -0.05) is 17.0 Å². The molecule has 0 amide bonds.